The number of nitrogens with zero attached hydrogens (tertiary/aromatic N) is 3. The highest BCUT2D eigenvalue weighted by Gasteiger charge is 2.51. The first-order valence-electron chi connectivity index (χ1n) is 10.6. The third-order valence-electron chi connectivity index (χ3n) is 6.73. The number of oxazole rings is 1. The number of hydrogen-bond acceptors (Lipinski definition) is 5. The average molecular weight is 376 g/mol. The maximum Gasteiger partial charge on any atom is 0.225 e. The molecule has 0 saturated carbocycles. The minimum Gasteiger partial charge on any atom is -0.449 e. The Balaban J connectivity index is 1.44. The van der Waals surface area contributed by atoms with E-state index in [9.17, 15) is 4.79 Å². The van der Waals surface area contributed by atoms with Gasteiger partial charge in [0.15, 0.2) is 5.89 Å². The third-order valence-corrected chi connectivity index (χ3v) is 6.73. The Kier molecular flexibility index (Phi) is 5.55. The molecule has 3 aliphatic heterocycles. The molecular weight excluding hydrogens is 342 g/mol. The molecule has 4 rings (SSSR count). The first-order valence-corrected chi connectivity index (χ1v) is 10.6. The van der Waals surface area contributed by atoms with Gasteiger partial charge >= 0.3 is 0 Å². The number of piperidine rings is 1. The molecular formula is C21H33N3O3. The van der Waals surface area contributed by atoms with E-state index in [1.54, 1.807) is 12.5 Å². The molecule has 1 amide bonds. The zero-order valence-corrected chi connectivity index (χ0v) is 16.7. The summed E-state index contributed by atoms with van der Waals surface area (Å²) in [5.41, 5.74) is 0.187. The zero-order chi connectivity index (χ0) is 18.9. The topological polar surface area (TPSA) is 58.8 Å². The smallest absolute Gasteiger partial charge is 0.225 e. The average Bonchev–Trinajstić information content (AvgIpc) is 3.30. The van der Waals surface area contributed by atoms with Crippen molar-refractivity contribution in [2.45, 2.75) is 45.4 Å². The number of carbonyl (C=O) groups excluding carboxylic acids is 1. The van der Waals surface area contributed by atoms with Gasteiger partial charge in [-0.2, -0.15) is 0 Å². The summed E-state index contributed by atoms with van der Waals surface area (Å²) in [6, 6.07) is 0. The Morgan fingerprint density at radius 2 is 2.04 bits per heavy atom. The number of aromatic nitrogens is 1. The largest absolute Gasteiger partial charge is 0.449 e. The second-order valence-electron chi connectivity index (χ2n) is 9.09. The van der Waals surface area contributed by atoms with Crippen LogP contribution in [-0.4, -0.2) is 66.6 Å². The van der Waals surface area contributed by atoms with Crippen LogP contribution in [-0.2, 0) is 9.53 Å². The summed E-state index contributed by atoms with van der Waals surface area (Å²) in [5.74, 6) is 2.38. The summed E-state index contributed by atoms with van der Waals surface area (Å²) in [5, 5.41) is 0. The summed E-state index contributed by atoms with van der Waals surface area (Å²) in [6.07, 6.45) is 7.30. The van der Waals surface area contributed by atoms with Crippen molar-refractivity contribution in [2.24, 2.45) is 17.3 Å². The lowest BCUT2D eigenvalue weighted by atomic mass is 9.70. The predicted molar refractivity (Wildman–Crippen MR) is 102 cm³/mol. The molecule has 1 aromatic heterocycles. The van der Waals surface area contributed by atoms with Crippen molar-refractivity contribution in [3.8, 4) is 0 Å². The van der Waals surface area contributed by atoms with Crippen molar-refractivity contribution in [1.29, 1.82) is 0 Å². The monoisotopic (exact) mass is 375 g/mol. The zero-order valence-electron chi connectivity index (χ0n) is 16.7. The van der Waals surface area contributed by atoms with Gasteiger partial charge in [0, 0.05) is 51.9 Å². The summed E-state index contributed by atoms with van der Waals surface area (Å²) in [6.45, 7) is 11.0. The molecule has 1 spiro atoms. The minimum atomic E-state index is 0.163. The molecule has 3 saturated heterocycles. The Labute approximate surface area is 162 Å². The highest BCUT2D eigenvalue weighted by molar-refractivity contribution is 5.79. The summed E-state index contributed by atoms with van der Waals surface area (Å²) in [7, 11) is 0. The van der Waals surface area contributed by atoms with Crippen molar-refractivity contribution in [3.63, 3.8) is 0 Å². The fraction of sp³-hybridized carbons (Fsp3) is 0.810. The molecule has 0 aliphatic carbocycles. The highest BCUT2D eigenvalue weighted by Crippen LogP contribution is 2.49. The first kappa shape index (κ1) is 18.9. The van der Waals surface area contributed by atoms with E-state index in [0.29, 0.717) is 17.7 Å². The normalized spacial score (nSPS) is 26.9. The van der Waals surface area contributed by atoms with E-state index < -0.39 is 0 Å². The molecule has 1 unspecified atom stereocenters. The molecule has 3 fully saturated rings. The maximum absolute atomic E-state index is 12.9. The molecule has 27 heavy (non-hydrogen) atoms. The van der Waals surface area contributed by atoms with Gasteiger partial charge in [0.2, 0.25) is 5.91 Å². The first-order chi connectivity index (χ1) is 13.1. The summed E-state index contributed by atoms with van der Waals surface area (Å²) >= 11 is 0. The van der Waals surface area contributed by atoms with Crippen LogP contribution in [0, 0.1) is 17.3 Å². The fourth-order valence-electron chi connectivity index (χ4n) is 5.36. The van der Waals surface area contributed by atoms with Crippen LogP contribution in [0.25, 0.3) is 0 Å². The molecule has 4 heterocycles. The van der Waals surface area contributed by atoms with E-state index in [4.69, 9.17) is 9.15 Å². The van der Waals surface area contributed by atoms with Gasteiger partial charge in [-0.15, -0.1) is 0 Å². The molecule has 0 aromatic carbocycles. The molecule has 6 heteroatoms. The second-order valence-corrected chi connectivity index (χ2v) is 9.09. The Hall–Kier alpha value is -1.40. The minimum absolute atomic E-state index is 0.163. The Morgan fingerprint density at radius 3 is 2.67 bits per heavy atom. The van der Waals surface area contributed by atoms with Gasteiger partial charge in [-0.1, -0.05) is 13.8 Å². The van der Waals surface area contributed by atoms with E-state index in [0.717, 1.165) is 77.5 Å². The van der Waals surface area contributed by atoms with Gasteiger partial charge in [-0.25, -0.2) is 4.98 Å². The van der Waals surface area contributed by atoms with Gasteiger partial charge in [0.25, 0.3) is 0 Å². The van der Waals surface area contributed by atoms with Crippen molar-refractivity contribution in [1.82, 2.24) is 14.8 Å². The lowest BCUT2D eigenvalue weighted by Crippen LogP contribution is -2.48. The van der Waals surface area contributed by atoms with E-state index in [1.807, 2.05) is 0 Å². The molecule has 0 N–H and O–H groups in total. The second kappa shape index (κ2) is 7.92. The maximum atomic E-state index is 12.9. The number of carbonyl (C=O) groups is 1. The highest BCUT2D eigenvalue weighted by atomic mass is 16.5. The van der Waals surface area contributed by atoms with E-state index in [-0.39, 0.29) is 11.3 Å². The number of amides is 1. The lowest BCUT2D eigenvalue weighted by molar-refractivity contribution is -0.141. The van der Waals surface area contributed by atoms with Crippen LogP contribution in [0.4, 0.5) is 0 Å². The van der Waals surface area contributed by atoms with Gasteiger partial charge in [-0.05, 0) is 37.0 Å². The van der Waals surface area contributed by atoms with Crippen LogP contribution >= 0.6 is 0 Å². The number of hydrogen-bond donors (Lipinski definition) is 0. The SMILES string of the molecule is CC(C)CN1CC(c2ncco2)C2(CCN(C(=O)C3CCOCC3)CC2)C1. The van der Waals surface area contributed by atoms with Crippen molar-refractivity contribution < 1.29 is 13.9 Å². The molecule has 3 aliphatic rings. The van der Waals surface area contributed by atoms with Crippen LogP contribution < -0.4 is 0 Å². The van der Waals surface area contributed by atoms with Gasteiger partial charge in [0.05, 0.1) is 12.1 Å². The lowest BCUT2D eigenvalue weighted by Gasteiger charge is -2.43. The van der Waals surface area contributed by atoms with E-state index >= 15 is 0 Å². The van der Waals surface area contributed by atoms with Crippen molar-refractivity contribution in [3.05, 3.63) is 18.4 Å². The van der Waals surface area contributed by atoms with Crippen LogP contribution in [0.3, 0.4) is 0 Å². The van der Waals surface area contributed by atoms with Crippen LogP contribution in [0.15, 0.2) is 16.9 Å². The van der Waals surface area contributed by atoms with Crippen molar-refractivity contribution >= 4 is 5.91 Å². The molecule has 0 radical (unpaired) electrons. The van der Waals surface area contributed by atoms with E-state index in [1.165, 1.54) is 0 Å². The fourth-order valence-corrected chi connectivity index (χ4v) is 5.36. The van der Waals surface area contributed by atoms with Gasteiger partial charge in [0.1, 0.15) is 6.26 Å². The van der Waals surface area contributed by atoms with Crippen LogP contribution in [0.2, 0.25) is 0 Å². The van der Waals surface area contributed by atoms with Crippen LogP contribution in [0.5, 0.6) is 0 Å². The Morgan fingerprint density at radius 1 is 1.30 bits per heavy atom. The Bertz CT molecular complexity index is 617. The van der Waals surface area contributed by atoms with Gasteiger partial charge in [-0.3, -0.25) is 4.79 Å². The number of likely N-dealkylation sites (tertiary alicyclic amines) is 2. The van der Waals surface area contributed by atoms with Crippen molar-refractivity contribution in [2.75, 3.05) is 45.9 Å². The standard InChI is InChI=1S/C21H33N3O3/c1-16(2)13-23-14-18(19-22-7-12-27-19)21(15-23)5-8-24(9-6-21)20(25)17-3-10-26-11-4-17/h7,12,16-18H,3-6,8-11,13-15H2,1-2H3. The quantitative estimate of drug-likeness (QED) is 0.810. The molecule has 0 bridgehead atoms. The molecule has 1 atom stereocenters. The molecule has 6 nitrogen and oxygen atoms in total. The van der Waals surface area contributed by atoms with Gasteiger partial charge < -0.3 is 19.0 Å². The number of ether oxygens (including phenoxy) is 1. The summed E-state index contributed by atoms with van der Waals surface area (Å²) in [4.78, 5) is 22.1. The predicted octanol–water partition coefficient (Wildman–Crippen LogP) is 2.77. The third kappa shape index (κ3) is 3.92. The summed E-state index contributed by atoms with van der Waals surface area (Å²) < 4.78 is 11.2. The van der Waals surface area contributed by atoms with Crippen LogP contribution in [0.1, 0.15) is 51.3 Å². The molecule has 150 valence electrons. The number of rotatable bonds is 4. The van der Waals surface area contributed by atoms with E-state index in [2.05, 4.69) is 28.6 Å². The molecule has 1 aromatic rings.